The van der Waals surface area contributed by atoms with Crippen LogP contribution in [0.1, 0.15) is 19.8 Å². The summed E-state index contributed by atoms with van der Waals surface area (Å²) in [6.45, 7) is 3.44. The van der Waals surface area contributed by atoms with E-state index in [2.05, 4.69) is 10.3 Å². The van der Waals surface area contributed by atoms with E-state index >= 15 is 0 Å². The molecule has 1 aromatic rings. The van der Waals surface area contributed by atoms with Gasteiger partial charge in [-0.15, -0.1) is 0 Å². The highest BCUT2D eigenvalue weighted by Gasteiger charge is 2.12. The molecule has 0 aromatic carbocycles. The summed E-state index contributed by atoms with van der Waals surface area (Å²) in [5, 5.41) is 11.8. The Bertz CT molecular complexity index is 285. The molecule has 15 heavy (non-hydrogen) atoms. The fraction of sp³-hybridized carbons (Fsp3) is 0.600. The second-order valence-electron chi connectivity index (χ2n) is 3.41. The second-order valence-corrected chi connectivity index (χ2v) is 3.41. The maximum absolute atomic E-state index is 10.7. The number of carboxylic acid groups (broad SMARTS) is 1. The molecular weight excluding hydrogens is 194 g/mol. The van der Waals surface area contributed by atoms with Gasteiger partial charge in [-0.25, -0.2) is 4.98 Å². The van der Waals surface area contributed by atoms with Crippen LogP contribution in [0.3, 0.4) is 0 Å². The number of hydrogen-bond acceptors (Lipinski definition) is 3. The van der Waals surface area contributed by atoms with Crippen molar-refractivity contribution in [3.63, 3.8) is 0 Å². The Morgan fingerprint density at radius 3 is 3.00 bits per heavy atom. The van der Waals surface area contributed by atoms with Crippen LogP contribution in [0.2, 0.25) is 0 Å². The van der Waals surface area contributed by atoms with Gasteiger partial charge in [-0.1, -0.05) is 6.92 Å². The van der Waals surface area contributed by atoms with Gasteiger partial charge in [-0.2, -0.15) is 0 Å². The molecule has 0 aliphatic rings. The molecule has 0 aliphatic heterocycles. The molecule has 0 aliphatic carbocycles. The summed E-state index contributed by atoms with van der Waals surface area (Å²) >= 11 is 0. The number of aliphatic carboxylic acids is 1. The highest BCUT2D eigenvalue weighted by Crippen LogP contribution is 1.93. The molecule has 1 atom stereocenters. The molecule has 0 radical (unpaired) electrons. The first kappa shape index (κ1) is 11.7. The van der Waals surface area contributed by atoms with Crippen LogP contribution in [0.15, 0.2) is 18.7 Å². The normalized spacial score (nSPS) is 12.6. The van der Waals surface area contributed by atoms with Crippen LogP contribution in [0.25, 0.3) is 0 Å². The van der Waals surface area contributed by atoms with E-state index in [-0.39, 0.29) is 0 Å². The monoisotopic (exact) mass is 211 g/mol. The van der Waals surface area contributed by atoms with Gasteiger partial charge >= 0.3 is 5.97 Å². The number of aryl methyl sites for hydroxylation is 1. The van der Waals surface area contributed by atoms with Crippen LogP contribution in [0, 0.1) is 0 Å². The summed E-state index contributed by atoms with van der Waals surface area (Å²) < 4.78 is 1.98. The molecule has 0 fully saturated rings. The van der Waals surface area contributed by atoms with Gasteiger partial charge in [-0.05, 0) is 19.4 Å². The first-order valence-corrected chi connectivity index (χ1v) is 5.16. The minimum atomic E-state index is -0.778. The Labute approximate surface area is 89.1 Å². The maximum Gasteiger partial charge on any atom is 0.320 e. The first-order chi connectivity index (χ1) is 7.24. The predicted octanol–water partition coefficient (Wildman–Crippen LogP) is 0.726. The summed E-state index contributed by atoms with van der Waals surface area (Å²) in [6, 6.07) is -0.423. The van der Waals surface area contributed by atoms with E-state index < -0.39 is 12.0 Å². The molecule has 0 spiro atoms. The van der Waals surface area contributed by atoms with Crippen LogP contribution < -0.4 is 5.32 Å². The number of rotatable bonds is 7. The third kappa shape index (κ3) is 4.12. The average Bonchev–Trinajstić information content (AvgIpc) is 2.70. The Morgan fingerprint density at radius 2 is 2.47 bits per heavy atom. The number of nitrogens with one attached hydrogen (secondary N) is 1. The van der Waals surface area contributed by atoms with Crippen LogP contribution in [-0.4, -0.2) is 33.2 Å². The lowest BCUT2D eigenvalue weighted by Gasteiger charge is -2.11. The SMILES string of the molecule is CCC(NCCCn1ccnc1)C(=O)O. The fourth-order valence-corrected chi connectivity index (χ4v) is 1.36. The van der Waals surface area contributed by atoms with Crippen molar-refractivity contribution >= 4 is 5.97 Å². The summed E-state index contributed by atoms with van der Waals surface area (Å²) in [5.74, 6) is -0.778. The van der Waals surface area contributed by atoms with Gasteiger partial charge in [-0.3, -0.25) is 4.79 Å². The van der Waals surface area contributed by atoms with Gasteiger partial charge in [0.05, 0.1) is 6.33 Å². The molecular formula is C10H17N3O2. The van der Waals surface area contributed by atoms with Crippen LogP contribution in [-0.2, 0) is 11.3 Å². The molecule has 1 aromatic heterocycles. The zero-order chi connectivity index (χ0) is 11.1. The standard InChI is InChI=1S/C10H17N3O2/c1-2-9(10(14)15)12-4-3-6-13-7-5-11-8-13/h5,7-9,12H,2-4,6H2,1H3,(H,14,15). The van der Waals surface area contributed by atoms with Gasteiger partial charge < -0.3 is 15.0 Å². The number of carbonyl (C=O) groups is 1. The smallest absolute Gasteiger partial charge is 0.320 e. The van der Waals surface area contributed by atoms with Crippen LogP contribution in [0.4, 0.5) is 0 Å². The average molecular weight is 211 g/mol. The predicted molar refractivity (Wildman–Crippen MR) is 56.6 cm³/mol. The zero-order valence-electron chi connectivity index (χ0n) is 8.89. The van der Waals surface area contributed by atoms with Crippen molar-refractivity contribution < 1.29 is 9.90 Å². The van der Waals surface area contributed by atoms with Gasteiger partial charge in [0.2, 0.25) is 0 Å². The fourth-order valence-electron chi connectivity index (χ4n) is 1.36. The Morgan fingerprint density at radius 1 is 1.67 bits per heavy atom. The van der Waals surface area contributed by atoms with E-state index in [1.54, 1.807) is 12.5 Å². The summed E-state index contributed by atoms with van der Waals surface area (Å²) in [4.78, 5) is 14.6. The van der Waals surface area contributed by atoms with Crippen LogP contribution in [0.5, 0.6) is 0 Å². The van der Waals surface area contributed by atoms with Crippen molar-refractivity contribution in [3.8, 4) is 0 Å². The first-order valence-electron chi connectivity index (χ1n) is 5.16. The highest BCUT2D eigenvalue weighted by atomic mass is 16.4. The molecule has 1 unspecified atom stereocenters. The van der Waals surface area contributed by atoms with E-state index in [9.17, 15) is 4.79 Å². The van der Waals surface area contributed by atoms with Crippen LogP contribution >= 0.6 is 0 Å². The Balaban J connectivity index is 2.13. The summed E-state index contributed by atoms with van der Waals surface area (Å²) in [7, 11) is 0. The number of aromatic nitrogens is 2. The van der Waals surface area contributed by atoms with Gasteiger partial charge in [0.15, 0.2) is 0 Å². The molecule has 84 valence electrons. The molecule has 0 saturated heterocycles. The van der Waals surface area contributed by atoms with E-state index in [1.165, 1.54) is 0 Å². The van der Waals surface area contributed by atoms with Crippen molar-refractivity contribution in [3.05, 3.63) is 18.7 Å². The van der Waals surface area contributed by atoms with Crippen molar-refractivity contribution in [2.75, 3.05) is 6.54 Å². The highest BCUT2D eigenvalue weighted by molar-refractivity contribution is 5.73. The molecule has 1 heterocycles. The van der Waals surface area contributed by atoms with Crippen molar-refractivity contribution in [2.24, 2.45) is 0 Å². The minimum Gasteiger partial charge on any atom is -0.480 e. The Hall–Kier alpha value is -1.36. The van der Waals surface area contributed by atoms with Crippen molar-refractivity contribution in [1.29, 1.82) is 0 Å². The summed E-state index contributed by atoms with van der Waals surface area (Å²) in [5.41, 5.74) is 0. The molecule has 1 rings (SSSR count). The van der Waals surface area contributed by atoms with Crippen molar-refractivity contribution in [1.82, 2.24) is 14.9 Å². The van der Waals surface area contributed by atoms with Gasteiger partial charge in [0, 0.05) is 18.9 Å². The zero-order valence-corrected chi connectivity index (χ0v) is 8.89. The second kappa shape index (κ2) is 6.19. The number of imidazole rings is 1. The number of nitrogens with zero attached hydrogens (tertiary/aromatic N) is 2. The lowest BCUT2D eigenvalue weighted by molar-refractivity contribution is -0.139. The van der Waals surface area contributed by atoms with E-state index in [4.69, 9.17) is 5.11 Å². The lowest BCUT2D eigenvalue weighted by atomic mass is 10.2. The minimum absolute atomic E-state index is 0.423. The molecule has 0 amide bonds. The largest absolute Gasteiger partial charge is 0.480 e. The van der Waals surface area contributed by atoms with E-state index in [0.29, 0.717) is 13.0 Å². The van der Waals surface area contributed by atoms with Crippen molar-refractivity contribution in [2.45, 2.75) is 32.4 Å². The molecule has 0 bridgehead atoms. The third-order valence-corrected chi connectivity index (χ3v) is 2.25. The van der Waals surface area contributed by atoms with E-state index in [1.807, 2.05) is 17.7 Å². The number of hydrogen-bond donors (Lipinski definition) is 2. The maximum atomic E-state index is 10.7. The van der Waals surface area contributed by atoms with Gasteiger partial charge in [0.1, 0.15) is 6.04 Å². The molecule has 2 N–H and O–H groups in total. The van der Waals surface area contributed by atoms with Gasteiger partial charge in [0.25, 0.3) is 0 Å². The Kier molecular flexibility index (Phi) is 4.83. The summed E-state index contributed by atoms with van der Waals surface area (Å²) in [6.07, 6.45) is 6.91. The molecule has 5 heteroatoms. The quantitative estimate of drug-likeness (QED) is 0.652. The topological polar surface area (TPSA) is 67.2 Å². The lowest BCUT2D eigenvalue weighted by Crippen LogP contribution is -2.36. The third-order valence-electron chi connectivity index (χ3n) is 2.25. The molecule has 5 nitrogen and oxygen atoms in total. The molecule has 0 saturated carbocycles. The number of carboxylic acids is 1. The van der Waals surface area contributed by atoms with E-state index in [0.717, 1.165) is 13.0 Å².